The first-order valence-electron chi connectivity index (χ1n) is 5.39. The number of ether oxygens (including phenoxy) is 3. The Morgan fingerprint density at radius 3 is 2.53 bits per heavy atom. The summed E-state index contributed by atoms with van der Waals surface area (Å²) < 4.78 is 15.5. The second-order valence-electron chi connectivity index (χ2n) is 3.65. The molecule has 0 aromatic rings. The van der Waals surface area contributed by atoms with E-state index in [2.05, 4.69) is 0 Å². The Labute approximate surface area is 89.9 Å². The number of epoxide rings is 1. The van der Waals surface area contributed by atoms with Gasteiger partial charge in [0.05, 0.1) is 26.4 Å². The summed E-state index contributed by atoms with van der Waals surface area (Å²) in [4.78, 5) is 0. The van der Waals surface area contributed by atoms with E-state index in [4.69, 9.17) is 24.4 Å². The maximum absolute atomic E-state index is 8.95. The van der Waals surface area contributed by atoms with E-state index in [1.54, 1.807) is 0 Å². The minimum Gasteiger partial charge on any atom is -0.394 e. The van der Waals surface area contributed by atoms with E-state index in [0.29, 0.717) is 19.3 Å². The molecule has 0 amide bonds. The molecule has 0 radical (unpaired) electrons. The van der Waals surface area contributed by atoms with Crippen LogP contribution in [0.5, 0.6) is 0 Å². The van der Waals surface area contributed by atoms with Crippen molar-refractivity contribution in [1.29, 1.82) is 0 Å². The van der Waals surface area contributed by atoms with Crippen LogP contribution in [0.3, 0.4) is 0 Å². The molecule has 0 aromatic carbocycles. The normalized spacial score (nSPS) is 21.6. The first-order valence-corrected chi connectivity index (χ1v) is 5.39. The number of aliphatic hydroxyl groups excluding tert-OH is 2. The standard InChI is InChI=1S/C10H20O5/c11-5-9(12)6-13-3-1-2-4-14-7-10-8-15-10/h9-12H,1-8H2. The molecule has 2 unspecified atom stereocenters. The molecule has 15 heavy (non-hydrogen) atoms. The van der Waals surface area contributed by atoms with Crippen LogP contribution in [-0.4, -0.2) is 62.1 Å². The fourth-order valence-corrected chi connectivity index (χ4v) is 1.06. The lowest BCUT2D eigenvalue weighted by atomic mass is 10.3. The van der Waals surface area contributed by atoms with Gasteiger partial charge in [0, 0.05) is 13.2 Å². The molecule has 1 heterocycles. The van der Waals surface area contributed by atoms with Gasteiger partial charge in [-0.2, -0.15) is 0 Å². The summed E-state index contributed by atoms with van der Waals surface area (Å²) in [6.45, 7) is 2.82. The highest BCUT2D eigenvalue weighted by molar-refractivity contribution is 4.66. The molecular formula is C10H20O5. The minimum absolute atomic E-state index is 0.202. The van der Waals surface area contributed by atoms with Crippen LogP contribution in [0, 0.1) is 0 Å². The molecule has 1 aliphatic heterocycles. The Morgan fingerprint density at radius 1 is 1.27 bits per heavy atom. The third kappa shape index (κ3) is 7.70. The van der Waals surface area contributed by atoms with E-state index in [9.17, 15) is 0 Å². The fourth-order valence-electron chi connectivity index (χ4n) is 1.06. The Balaban J connectivity index is 1.68. The van der Waals surface area contributed by atoms with Gasteiger partial charge in [-0.3, -0.25) is 0 Å². The molecule has 5 nitrogen and oxygen atoms in total. The lowest BCUT2D eigenvalue weighted by Crippen LogP contribution is -2.19. The van der Waals surface area contributed by atoms with Gasteiger partial charge in [0.25, 0.3) is 0 Å². The van der Waals surface area contributed by atoms with Crippen molar-refractivity contribution in [2.24, 2.45) is 0 Å². The molecule has 0 spiro atoms. The zero-order valence-electron chi connectivity index (χ0n) is 8.93. The molecule has 0 saturated carbocycles. The topological polar surface area (TPSA) is 71.5 Å². The first-order chi connectivity index (χ1) is 7.33. The van der Waals surface area contributed by atoms with Crippen molar-refractivity contribution >= 4 is 0 Å². The lowest BCUT2D eigenvalue weighted by molar-refractivity contribution is 0.00362. The Kier molecular flexibility index (Phi) is 6.87. The van der Waals surface area contributed by atoms with Gasteiger partial charge < -0.3 is 24.4 Å². The molecule has 90 valence electrons. The smallest absolute Gasteiger partial charge is 0.104 e. The predicted octanol–water partition coefficient (Wildman–Crippen LogP) is -0.448. The van der Waals surface area contributed by atoms with Crippen LogP contribution in [0.25, 0.3) is 0 Å². The summed E-state index contributed by atoms with van der Waals surface area (Å²) in [6, 6.07) is 0. The lowest BCUT2D eigenvalue weighted by Gasteiger charge is -2.07. The second kappa shape index (κ2) is 8.01. The van der Waals surface area contributed by atoms with Crippen molar-refractivity contribution in [3.05, 3.63) is 0 Å². The minimum atomic E-state index is -0.756. The number of hydrogen-bond donors (Lipinski definition) is 2. The maximum atomic E-state index is 8.95. The molecule has 1 fully saturated rings. The zero-order valence-corrected chi connectivity index (χ0v) is 8.93. The van der Waals surface area contributed by atoms with E-state index in [0.717, 1.165) is 26.1 Å². The molecule has 1 saturated heterocycles. The summed E-state index contributed by atoms with van der Waals surface area (Å²) in [6.07, 6.45) is 1.43. The Bertz CT molecular complexity index is 149. The van der Waals surface area contributed by atoms with Crippen LogP contribution < -0.4 is 0 Å². The highest BCUT2D eigenvalue weighted by atomic mass is 16.6. The Morgan fingerprint density at radius 2 is 1.93 bits per heavy atom. The maximum Gasteiger partial charge on any atom is 0.104 e. The molecule has 1 aliphatic rings. The van der Waals surface area contributed by atoms with Gasteiger partial charge in [-0.15, -0.1) is 0 Å². The van der Waals surface area contributed by atoms with Crippen LogP contribution in [0.4, 0.5) is 0 Å². The van der Waals surface area contributed by atoms with Crippen molar-refractivity contribution in [1.82, 2.24) is 0 Å². The molecule has 2 atom stereocenters. The molecular weight excluding hydrogens is 200 g/mol. The van der Waals surface area contributed by atoms with Gasteiger partial charge in [0.1, 0.15) is 12.2 Å². The average molecular weight is 220 g/mol. The van der Waals surface area contributed by atoms with Gasteiger partial charge in [-0.05, 0) is 12.8 Å². The monoisotopic (exact) mass is 220 g/mol. The van der Waals surface area contributed by atoms with Crippen molar-refractivity contribution in [2.45, 2.75) is 25.0 Å². The third-order valence-corrected chi connectivity index (χ3v) is 2.05. The van der Waals surface area contributed by atoms with E-state index >= 15 is 0 Å². The van der Waals surface area contributed by atoms with Crippen LogP contribution >= 0.6 is 0 Å². The van der Waals surface area contributed by atoms with Gasteiger partial charge in [0.15, 0.2) is 0 Å². The summed E-state index contributed by atoms with van der Waals surface area (Å²) >= 11 is 0. The van der Waals surface area contributed by atoms with Gasteiger partial charge in [-0.1, -0.05) is 0 Å². The summed E-state index contributed by atoms with van der Waals surface area (Å²) in [5.41, 5.74) is 0. The van der Waals surface area contributed by atoms with Gasteiger partial charge in [-0.25, -0.2) is 0 Å². The largest absolute Gasteiger partial charge is 0.394 e. The highest BCUT2D eigenvalue weighted by Crippen LogP contribution is 2.08. The van der Waals surface area contributed by atoms with Crippen molar-refractivity contribution in [2.75, 3.05) is 39.6 Å². The molecule has 1 rings (SSSR count). The van der Waals surface area contributed by atoms with E-state index in [1.165, 1.54) is 0 Å². The molecule has 0 aromatic heterocycles. The summed E-state index contributed by atoms with van der Waals surface area (Å²) in [5, 5.41) is 17.5. The quantitative estimate of drug-likeness (QED) is 0.385. The van der Waals surface area contributed by atoms with Crippen molar-refractivity contribution < 1.29 is 24.4 Å². The average Bonchev–Trinajstić information content (AvgIpc) is 3.05. The molecule has 0 bridgehead atoms. The van der Waals surface area contributed by atoms with E-state index in [-0.39, 0.29) is 13.2 Å². The van der Waals surface area contributed by atoms with Crippen LogP contribution in [-0.2, 0) is 14.2 Å². The highest BCUT2D eigenvalue weighted by Gasteiger charge is 2.21. The first kappa shape index (κ1) is 12.9. The van der Waals surface area contributed by atoms with Crippen molar-refractivity contribution in [3.8, 4) is 0 Å². The summed E-state index contributed by atoms with van der Waals surface area (Å²) in [7, 11) is 0. The van der Waals surface area contributed by atoms with E-state index < -0.39 is 6.10 Å². The molecule has 2 N–H and O–H groups in total. The van der Waals surface area contributed by atoms with Crippen LogP contribution in [0.2, 0.25) is 0 Å². The zero-order chi connectivity index (χ0) is 10.9. The summed E-state index contributed by atoms with van der Waals surface area (Å²) in [5.74, 6) is 0. The third-order valence-electron chi connectivity index (χ3n) is 2.05. The van der Waals surface area contributed by atoms with Gasteiger partial charge in [0.2, 0.25) is 0 Å². The number of rotatable bonds is 10. The second-order valence-corrected chi connectivity index (χ2v) is 3.65. The van der Waals surface area contributed by atoms with Crippen molar-refractivity contribution in [3.63, 3.8) is 0 Å². The SMILES string of the molecule is OCC(O)COCCCCOCC1CO1. The number of unbranched alkanes of at least 4 members (excludes halogenated alkanes) is 1. The predicted molar refractivity (Wildman–Crippen MR) is 53.7 cm³/mol. The van der Waals surface area contributed by atoms with Crippen LogP contribution in [0.15, 0.2) is 0 Å². The molecule has 0 aliphatic carbocycles. The van der Waals surface area contributed by atoms with Gasteiger partial charge >= 0.3 is 0 Å². The molecule has 5 heteroatoms. The van der Waals surface area contributed by atoms with E-state index in [1.807, 2.05) is 0 Å². The fraction of sp³-hybridized carbons (Fsp3) is 1.00. The van der Waals surface area contributed by atoms with Crippen LogP contribution in [0.1, 0.15) is 12.8 Å². The number of hydrogen-bond acceptors (Lipinski definition) is 5. The Hall–Kier alpha value is -0.200. The number of aliphatic hydroxyl groups is 2.